The Kier molecular flexibility index (Phi) is 4.16. The number of halogens is 1. The van der Waals surface area contributed by atoms with Crippen molar-refractivity contribution in [1.82, 2.24) is 9.97 Å². The number of nitrogens with one attached hydrogen (secondary N) is 1. The molecule has 0 bridgehead atoms. The Balaban J connectivity index is 2.67. The third-order valence-corrected chi connectivity index (χ3v) is 2.13. The van der Waals surface area contributed by atoms with Crippen molar-refractivity contribution in [2.45, 2.75) is 26.3 Å². The van der Waals surface area contributed by atoms with E-state index >= 15 is 0 Å². The Morgan fingerprint density at radius 3 is 2.50 bits per heavy atom. The number of carboxylic acids is 1. The molecule has 0 radical (unpaired) electrons. The maximum atomic E-state index is 12.5. The SMILES string of the molecule is CC(C)C(CC(=O)O)Nc1ncc(F)cn1. The molecule has 0 fully saturated rings. The van der Waals surface area contributed by atoms with Gasteiger partial charge in [0.15, 0.2) is 5.82 Å². The van der Waals surface area contributed by atoms with Gasteiger partial charge in [0.2, 0.25) is 5.95 Å². The van der Waals surface area contributed by atoms with Crippen LogP contribution in [-0.2, 0) is 4.79 Å². The smallest absolute Gasteiger partial charge is 0.305 e. The fraction of sp³-hybridized carbons (Fsp3) is 0.500. The second-order valence-corrected chi connectivity index (χ2v) is 3.82. The number of nitrogens with zero attached hydrogens (tertiary/aromatic N) is 2. The second-order valence-electron chi connectivity index (χ2n) is 3.82. The molecule has 0 aliphatic heterocycles. The van der Waals surface area contributed by atoms with E-state index in [0.29, 0.717) is 0 Å². The quantitative estimate of drug-likeness (QED) is 0.797. The molecule has 2 N–H and O–H groups in total. The lowest BCUT2D eigenvalue weighted by Gasteiger charge is -2.20. The molecule has 1 rings (SSSR count). The number of carbonyl (C=O) groups is 1. The molecule has 1 unspecified atom stereocenters. The van der Waals surface area contributed by atoms with Crippen molar-refractivity contribution in [3.63, 3.8) is 0 Å². The lowest BCUT2D eigenvalue weighted by atomic mass is 10.0. The first-order valence-electron chi connectivity index (χ1n) is 4.95. The topological polar surface area (TPSA) is 75.1 Å². The summed E-state index contributed by atoms with van der Waals surface area (Å²) in [6, 6.07) is -0.275. The minimum absolute atomic E-state index is 0.0294. The van der Waals surface area contributed by atoms with E-state index in [-0.39, 0.29) is 24.3 Å². The van der Waals surface area contributed by atoms with Crippen LogP contribution in [0, 0.1) is 11.7 Å². The van der Waals surface area contributed by atoms with E-state index in [9.17, 15) is 9.18 Å². The number of hydrogen-bond donors (Lipinski definition) is 2. The molecule has 1 aromatic rings. The Bertz CT molecular complexity index is 354. The highest BCUT2D eigenvalue weighted by Crippen LogP contribution is 2.11. The molecule has 0 aliphatic rings. The van der Waals surface area contributed by atoms with Crippen LogP contribution in [0.15, 0.2) is 12.4 Å². The fourth-order valence-corrected chi connectivity index (χ4v) is 1.19. The van der Waals surface area contributed by atoms with Gasteiger partial charge in [0.1, 0.15) is 0 Å². The minimum Gasteiger partial charge on any atom is -0.481 e. The highest BCUT2D eigenvalue weighted by Gasteiger charge is 2.17. The van der Waals surface area contributed by atoms with Gasteiger partial charge in [0.25, 0.3) is 0 Å². The largest absolute Gasteiger partial charge is 0.481 e. The van der Waals surface area contributed by atoms with E-state index in [1.165, 1.54) is 0 Å². The van der Waals surface area contributed by atoms with Gasteiger partial charge in [-0.25, -0.2) is 14.4 Å². The zero-order valence-corrected chi connectivity index (χ0v) is 9.14. The Labute approximate surface area is 92.7 Å². The summed E-state index contributed by atoms with van der Waals surface area (Å²) in [6.45, 7) is 3.79. The number of aromatic nitrogens is 2. The first kappa shape index (κ1) is 12.4. The first-order chi connectivity index (χ1) is 7.49. The summed E-state index contributed by atoms with van der Waals surface area (Å²) in [5.74, 6) is -1.07. The van der Waals surface area contributed by atoms with Crippen LogP contribution in [0.3, 0.4) is 0 Å². The number of carboxylic acid groups (broad SMARTS) is 1. The van der Waals surface area contributed by atoms with Crippen LogP contribution >= 0.6 is 0 Å². The number of hydrogen-bond acceptors (Lipinski definition) is 4. The maximum Gasteiger partial charge on any atom is 0.305 e. The van der Waals surface area contributed by atoms with Gasteiger partial charge in [-0.15, -0.1) is 0 Å². The van der Waals surface area contributed by atoms with E-state index in [1.54, 1.807) is 0 Å². The Morgan fingerprint density at radius 2 is 2.06 bits per heavy atom. The lowest BCUT2D eigenvalue weighted by Crippen LogP contribution is -2.29. The van der Waals surface area contributed by atoms with Crippen molar-refractivity contribution in [1.29, 1.82) is 0 Å². The van der Waals surface area contributed by atoms with Gasteiger partial charge >= 0.3 is 5.97 Å². The average molecular weight is 227 g/mol. The van der Waals surface area contributed by atoms with Crippen molar-refractivity contribution in [2.75, 3.05) is 5.32 Å². The third-order valence-electron chi connectivity index (χ3n) is 2.13. The summed E-state index contributed by atoms with van der Waals surface area (Å²) in [5.41, 5.74) is 0. The van der Waals surface area contributed by atoms with Crippen molar-refractivity contribution >= 4 is 11.9 Å². The molecule has 0 spiro atoms. The Morgan fingerprint density at radius 1 is 1.50 bits per heavy atom. The minimum atomic E-state index is -0.895. The molecule has 0 saturated heterocycles. The van der Waals surface area contributed by atoms with Crippen LogP contribution in [0.4, 0.5) is 10.3 Å². The van der Waals surface area contributed by atoms with Gasteiger partial charge in [-0.2, -0.15) is 0 Å². The standard InChI is InChI=1S/C10H14FN3O2/c1-6(2)8(3-9(15)16)14-10-12-4-7(11)5-13-10/h4-6,8H,3H2,1-2H3,(H,15,16)(H,12,13,14). The number of rotatable bonds is 5. The molecule has 1 atom stereocenters. The van der Waals surface area contributed by atoms with Crippen LogP contribution in [0.5, 0.6) is 0 Å². The number of aliphatic carboxylic acids is 1. The highest BCUT2D eigenvalue weighted by atomic mass is 19.1. The monoisotopic (exact) mass is 227 g/mol. The van der Waals surface area contributed by atoms with Gasteiger partial charge in [-0.3, -0.25) is 4.79 Å². The molecule has 1 heterocycles. The van der Waals surface area contributed by atoms with Crippen LogP contribution in [0.1, 0.15) is 20.3 Å². The van der Waals surface area contributed by atoms with E-state index in [4.69, 9.17) is 5.11 Å². The summed E-state index contributed by atoms with van der Waals surface area (Å²) >= 11 is 0. The van der Waals surface area contributed by atoms with Gasteiger partial charge in [-0.05, 0) is 5.92 Å². The van der Waals surface area contributed by atoms with E-state index in [2.05, 4.69) is 15.3 Å². The predicted octanol–water partition coefficient (Wildman–Crippen LogP) is 1.53. The summed E-state index contributed by atoms with van der Waals surface area (Å²) in [4.78, 5) is 18.1. The van der Waals surface area contributed by atoms with Crippen molar-refractivity contribution < 1.29 is 14.3 Å². The molecule has 0 saturated carbocycles. The highest BCUT2D eigenvalue weighted by molar-refractivity contribution is 5.68. The van der Waals surface area contributed by atoms with E-state index in [1.807, 2.05) is 13.8 Å². The third kappa shape index (κ3) is 3.80. The molecule has 0 aromatic carbocycles. The lowest BCUT2D eigenvalue weighted by molar-refractivity contribution is -0.137. The molecule has 1 aromatic heterocycles. The second kappa shape index (κ2) is 5.39. The fourth-order valence-electron chi connectivity index (χ4n) is 1.19. The van der Waals surface area contributed by atoms with Gasteiger partial charge < -0.3 is 10.4 Å². The van der Waals surface area contributed by atoms with Crippen LogP contribution in [0.25, 0.3) is 0 Å². The molecular formula is C10H14FN3O2. The van der Waals surface area contributed by atoms with Crippen molar-refractivity contribution in [3.8, 4) is 0 Å². The maximum absolute atomic E-state index is 12.5. The molecule has 88 valence electrons. The van der Waals surface area contributed by atoms with Gasteiger partial charge in [-0.1, -0.05) is 13.8 Å². The molecular weight excluding hydrogens is 213 g/mol. The molecule has 0 aliphatic carbocycles. The average Bonchev–Trinajstić information content (AvgIpc) is 2.19. The molecule has 6 heteroatoms. The van der Waals surface area contributed by atoms with Gasteiger partial charge in [0, 0.05) is 6.04 Å². The first-order valence-corrected chi connectivity index (χ1v) is 4.95. The summed E-state index contributed by atoms with van der Waals surface area (Å²) in [5, 5.41) is 11.6. The zero-order chi connectivity index (χ0) is 12.1. The molecule has 0 amide bonds. The van der Waals surface area contributed by atoms with Crippen LogP contribution in [0.2, 0.25) is 0 Å². The molecule has 5 nitrogen and oxygen atoms in total. The summed E-state index contributed by atoms with van der Waals surface area (Å²) in [7, 11) is 0. The van der Waals surface area contributed by atoms with Crippen molar-refractivity contribution in [3.05, 3.63) is 18.2 Å². The summed E-state index contributed by atoms with van der Waals surface area (Å²) < 4.78 is 12.5. The normalized spacial score (nSPS) is 12.5. The van der Waals surface area contributed by atoms with Gasteiger partial charge in [0.05, 0.1) is 18.8 Å². The zero-order valence-electron chi connectivity index (χ0n) is 9.14. The summed E-state index contributed by atoms with van der Waals surface area (Å²) in [6.07, 6.45) is 2.04. The molecule has 16 heavy (non-hydrogen) atoms. The van der Waals surface area contributed by atoms with Crippen LogP contribution in [-0.4, -0.2) is 27.1 Å². The van der Waals surface area contributed by atoms with E-state index < -0.39 is 11.8 Å². The number of anilines is 1. The van der Waals surface area contributed by atoms with Crippen LogP contribution < -0.4 is 5.32 Å². The van der Waals surface area contributed by atoms with E-state index in [0.717, 1.165) is 12.4 Å². The predicted molar refractivity (Wildman–Crippen MR) is 56.5 cm³/mol. The van der Waals surface area contributed by atoms with Crippen molar-refractivity contribution in [2.24, 2.45) is 5.92 Å². The Hall–Kier alpha value is -1.72.